The average Bonchev–Trinajstić information content (AvgIpc) is 2.38. The van der Waals surface area contributed by atoms with Crippen molar-refractivity contribution in [2.45, 2.75) is 19.3 Å². The number of hydrogen-bond acceptors (Lipinski definition) is 2. The van der Waals surface area contributed by atoms with Crippen LogP contribution in [0.15, 0.2) is 22.8 Å². The summed E-state index contributed by atoms with van der Waals surface area (Å²) in [5.74, 6) is 1.10. The third-order valence-corrected chi connectivity index (χ3v) is 1.48. The number of carbonyl (C=O) groups is 1. The molecule has 0 saturated heterocycles. The summed E-state index contributed by atoms with van der Waals surface area (Å²) in [6.45, 7) is 1.97. The van der Waals surface area contributed by atoms with Crippen molar-refractivity contribution in [3.63, 3.8) is 0 Å². The Labute approximate surface area is 59.8 Å². The minimum atomic E-state index is 0.215. The average molecular weight is 138 g/mol. The van der Waals surface area contributed by atoms with E-state index in [0.717, 1.165) is 12.0 Å². The van der Waals surface area contributed by atoms with E-state index < -0.39 is 0 Å². The van der Waals surface area contributed by atoms with E-state index in [4.69, 9.17) is 4.42 Å². The molecule has 54 valence electrons. The molecule has 1 aromatic heterocycles. The molecule has 1 rings (SSSR count). The summed E-state index contributed by atoms with van der Waals surface area (Å²) in [5, 5.41) is 0. The van der Waals surface area contributed by atoms with Crippen LogP contribution in [0.5, 0.6) is 0 Å². The van der Waals surface area contributed by atoms with Gasteiger partial charge >= 0.3 is 0 Å². The molecule has 0 aliphatic carbocycles. The summed E-state index contributed by atoms with van der Waals surface area (Å²) >= 11 is 0. The van der Waals surface area contributed by atoms with Gasteiger partial charge in [-0.05, 0) is 12.1 Å². The molecule has 0 bridgehead atoms. The lowest BCUT2D eigenvalue weighted by Gasteiger charge is -2.00. The molecule has 0 aromatic carbocycles. The maximum Gasteiger partial charge on any atom is 0.120 e. The van der Waals surface area contributed by atoms with Crippen LogP contribution in [-0.2, 0) is 4.79 Å². The van der Waals surface area contributed by atoms with Crippen LogP contribution in [0.2, 0.25) is 0 Å². The van der Waals surface area contributed by atoms with Gasteiger partial charge in [0.15, 0.2) is 0 Å². The molecule has 1 atom stereocenters. The van der Waals surface area contributed by atoms with E-state index in [1.54, 1.807) is 6.26 Å². The highest BCUT2D eigenvalue weighted by Crippen LogP contribution is 2.17. The van der Waals surface area contributed by atoms with E-state index in [0.29, 0.717) is 6.42 Å². The van der Waals surface area contributed by atoms with Crippen molar-refractivity contribution in [3.8, 4) is 0 Å². The Morgan fingerprint density at radius 3 is 3.10 bits per heavy atom. The van der Waals surface area contributed by atoms with E-state index in [2.05, 4.69) is 0 Å². The van der Waals surface area contributed by atoms with Crippen LogP contribution >= 0.6 is 0 Å². The summed E-state index contributed by atoms with van der Waals surface area (Å²) in [5.41, 5.74) is 0. The molecule has 0 amide bonds. The maximum absolute atomic E-state index is 10.1. The molecule has 0 saturated carbocycles. The second-order valence-electron chi connectivity index (χ2n) is 2.32. The van der Waals surface area contributed by atoms with Crippen LogP contribution in [0.1, 0.15) is 25.0 Å². The first kappa shape index (κ1) is 7.06. The number of carbonyl (C=O) groups excluding carboxylic acids is 1. The fourth-order valence-electron chi connectivity index (χ4n) is 0.832. The van der Waals surface area contributed by atoms with Gasteiger partial charge in [0.25, 0.3) is 0 Å². The molecule has 2 heteroatoms. The van der Waals surface area contributed by atoms with E-state index in [1.807, 2.05) is 19.1 Å². The van der Waals surface area contributed by atoms with Gasteiger partial charge in [0.2, 0.25) is 0 Å². The molecule has 1 heterocycles. The molecule has 0 fully saturated rings. The Balaban J connectivity index is 2.58. The van der Waals surface area contributed by atoms with Crippen LogP contribution in [0, 0.1) is 0 Å². The van der Waals surface area contributed by atoms with E-state index in [-0.39, 0.29) is 5.92 Å². The zero-order valence-electron chi connectivity index (χ0n) is 5.91. The van der Waals surface area contributed by atoms with Gasteiger partial charge in [0.05, 0.1) is 6.26 Å². The first-order valence-electron chi connectivity index (χ1n) is 3.31. The van der Waals surface area contributed by atoms with Crippen LogP contribution < -0.4 is 0 Å². The molecule has 10 heavy (non-hydrogen) atoms. The van der Waals surface area contributed by atoms with Gasteiger partial charge in [-0.2, -0.15) is 0 Å². The van der Waals surface area contributed by atoms with Gasteiger partial charge in [0, 0.05) is 12.3 Å². The van der Waals surface area contributed by atoms with E-state index >= 15 is 0 Å². The van der Waals surface area contributed by atoms with Gasteiger partial charge < -0.3 is 9.21 Å². The predicted molar refractivity (Wildman–Crippen MR) is 37.8 cm³/mol. The third-order valence-electron chi connectivity index (χ3n) is 1.48. The van der Waals surface area contributed by atoms with Crippen LogP contribution in [0.25, 0.3) is 0 Å². The maximum atomic E-state index is 10.1. The molecule has 1 unspecified atom stereocenters. The molecule has 0 aliphatic rings. The monoisotopic (exact) mass is 138 g/mol. The van der Waals surface area contributed by atoms with Crippen molar-refractivity contribution in [1.29, 1.82) is 0 Å². The Morgan fingerprint density at radius 1 is 1.80 bits per heavy atom. The lowest BCUT2D eigenvalue weighted by Crippen LogP contribution is -1.90. The smallest absolute Gasteiger partial charge is 0.120 e. The molecule has 2 nitrogen and oxygen atoms in total. The lowest BCUT2D eigenvalue weighted by molar-refractivity contribution is -0.108. The van der Waals surface area contributed by atoms with Crippen molar-refractivity contribution < 1.29 is 9.21 Å². The van der Waals surface area contributed by atoms with Crippen LogP contribution in [-0.4, -0.2) is 6.29 Å². The van der Waals surface area contributed by atoms with Crippen LogP contribution in [0.4, 0.5) is 0 Å². The first-order valence-corrected chi connectivity index (χ1v) is 3.31. The Bertz CT molecular complexity index is 189. The third kappa shape index (κ3) is 1.47. The molecule has 0 radical (unpaired) electrons. The van der Waals surface area contributed by atoms with Crippen LogP contribution in [0.3, 0.4) is 0 Å². The van der Waals surface area contributed by atoms with Gasteiger partial charge in [-0.1, -0.05) is 6.92 Å². The number of rotatable bonds is 3. The van der Waals surface area contributed by atoms with Crippen molar-refractivity contribution in [3.05, 3.63) is 24.2 Å². The normalized spacial score (nSPS) is 12.9. The van der Waals surface area contributed by atoms with E-state index in [1.165, 1.54) is 0 Å². The van der Waals surface area contributed by atoms with Gasteiger partial charge in [-0.15, -0.1) is 0 Å². The Morgan fingerprint density at radius 2 is 2.60 bits per heavy atom. The van der Waals surface area contributed by atoms with Gasteiger partial charge in [-0.3, -0.25) is 0 Å². The quantitative estimate of drug-likeness (QED) is 0.598. The van der Waals surface area contributed by atoms with Gasteiger partial charge in [-0.25, -0.2) is 0 Å². The molecule has 0 aliphatic heterocycles. The van der Waals surface area contributed by atoms with Crippen molar-refractivity contribution in [2.24, 2.45) is 0 Å². The Hall–Kier alpha value is -1.05. The summed E-state index contributed by atoms with van der Waals surface area (Å²) in [7, 11) is 0. The SMILES string of the molecule is CC(CC=O)c1ccco1. The molecule has 1 aromatic rings. The van der Waals surface area contributed by atoms with Gasteiger partial charge in [0.1, 0.15) is 12.0 Å². The zero-order valence-corrected chi connectivity index (χ0v) is 5.91. The second-order valence-corrected chi connectivity index (χ2v) is 2.32. The zero-order chi connectivity index (χ0) is 7.40. The van der Waals surface area contributed by atoms with E-state index in [9.17, 15) is 4.79 Å². The van der Waals surface area contributed by atoms with Crippen molar-refractivity contribution in [1.82, 2.24) is 0 Å². The molecule has 0 N–H and O–H groups in total. The fourth-order valence-corrected chi connectivity index (χ4v) is 0.832. The molecular weight excluding hydrogens is 128 g/mol. The number of aldehydes is 1. The second kappa shape index (κ2) is 3.20. The highest BCUT2D eigenvalue weighted by Gasteiger charge is 2.05. The minimum Gasteiger partial charge on any atom is -0.469 e. The standard InChI is InChI=1S/C8H10O2/c1-7(4-5-9)8-3-2-6-10-8/h2-3,5-7H,4H2,1H3. The lowest BCUT2D eigenvalue weighted by atomic mass is 10.1. The number of hydrogen-bond donors (Lipinski definition) is 0. The molecule has 0 spiro atoms. The first-order chi connectivity index (χ1) is 4.84. The summed E-state index contributed by atoms with van der Waals surface area (Å²) in [6, 6.07) is 3.71. The predicted octanol–water partition coefficient (Wildman–Crippen LogP) is 1.97. The summed E-state index contributed by atoms with van der Waals surface area (Å²) in [6.07, 6.45) is 3.07. The highest BCUT2D eigenvalue weighted by atomic mass is 16.3. The topological polar surface area (TPSA) is 30.2 Å². The Kier molecular flexibility index (Phi) is 2.26. The largest absolute Gasteiger partial charge is 0.469 e. The number of furan rings is 1. The summed E-state index contributed by atoms with van der Waals surface area (Å²) < 4.78 is 5.09. The molecular formula is C8H10O2. The summed E-state index contributed by atoms with van der Waals surface area (Å²) in [4.78, 5) is 10.1. The fraction of sp³-hybridized carbons (Fsp3) is 0.375. The highest BCUT2D eigenvalue weighted by molar-refractivity contribution is 5.50. The van der Waals surface area contributed by atoms with Crippen molar-refractivity contribution >= 4 is 6.29 Å². The van der Waals surface area contributed by atoms with Crippen molar-refractivity contribution in [2.75, 3.05) is 0 Å². The minimum absolute atomic E-state index is 0.215.